The molecule has 0 bridgehead atoms. The molecule has 0 N–H and O–H groups in total. The Morgan fingerprint density at radius 2 is 1.77 bits per heavy atom. The molecule has 2 aromatic heterocycles. The third kappa shape index (κ3) is 3.70. The lowest BCUT2D eigenvalue weighted by Gasteiger charge is -2.34. The van der Waals surface area contributed by atoms with Crippen LogP contribution in [0.1, 0.15) is 46.5 Å². The Bertz CT molecular complexity index is 784. The van der Waals surface area contributed by atoms with Gasteiger partial charge in [-0.15, -0.1) is 11.3 Å². The Balaban J connectivity index is 1.62. The van der Waals surface area contributed by atoms with E-state index in [2.05, 4.69) is 18.4 Å². The van der Waals surface area contributed by atoms with E-state index in [9.17, 15) is 9.59 Å². The van der Waals surface area contributed by atoms with Crippen LogP contribution in [0.4, 0.5) is 0 Å². The minimum atomic E-state index is 0.0790. The molecule has 0 saturated carbocycles. The van der Waals surface area contributed by atoms with Gasteiger partial charge in [-0.2, -0.15) is 0 Å². The summed E-state index contributed by atoms with van der Waals surface area (Å²) in [6.45, 7) is 10.7. The standard InChI is InChI=1S/C20H27N3O2S/c1-14(2)23-15(3)12-18(16(23)4)20(25)22-9-7-21(8-10-22)19(24)13-17-6-5-11-26-17/h5-6,11-12,14H,7-10,13H2,1-4H3. The van der Waals surface area contributed by atoms with E-state index >= 15 is 0 Å². The number of aromatic nitrogens is 1. The van der Waals surface area contributed by atoms with E-state index in [1.165, 1.54) is 0 Å². The molecule has 2 amide bonds. The van der Waals surface area contributed by atoms with Gasteiger partial charge >= 0.3 is 0 Å². The van der Waals surface area contributed by atoms with Gasteiger partial charge in [-0.05, 0) is 45.2 Å². The van der Waals surface area contributed by atoms with Crippen LogP contribution < -0.4 is 0 Å². The van der Waals surface area contributed by atoms with Crippen molar-refractivity contribution in [3.8, 4) is 0 Å². The third-order valence-electron chi connectivity index (χ3n) is 5.06. The average molecular weight is 374 g/mol. The molecular formula is C20H27N3O2S. The van der Waals surface area contributed by atoms with E-state index in [1.807, 2.05) is 47.2 Å². The fourth-order valence-corrected chi connectivity index (χ4v) is 4.49. The summed E-state index contributed by atoms with van der Waals surface area (Å²) in [7, 11) is 0. The molecule has 6 heteroatoms. The topological polar surface area (TPSA) is 45.6 Å². The maximum absolute atomic E-state index is 13.0. The molecule has 1 fully saturated rings. The first-order valence-corrected chi connectivity index (χ1v) is 10.0. The van der Waals surface area contributed by atoms with Crippen molar-refractivity contribution in [2.45, 2.75) is 40.2 Å². The second kappa shape index (κ2) is 7.66. The molecule has 1 aliphatic rings. The van der Waals surface area contributed by atoms with Crippen LogP contribution in [0.3, 0.4) is 0 Å². The number of hydrogen-bond donors (Lipinski definition) is 0. The van der Waals surface area contributed by atoms with E-state index < -0.39 is 0 Å². The fraction of sp³-hybridized carbons (Fsp3) is 0.500. The van der Waals surface area contributed by atoms with Gasteiger partial charge in [0.15, 0.2) is 0 Å². The van der Waals surface area contributed by atoms with Crippen molar-refractivity contribution in [3.05, 3.63) is 45.4 Å². The number of nitrogens with zero attached hydrogens (tertiary/aromatic N) is 3. The first-order valence-electron chi connectivity index (χ1n) is 9.16. The monoisotopic (exact) mass is 373 g/mol. The molecule has 26 heavy (non-hydrogen) atoms. The van der Waals surface area contributed by atoms with Crippen LogP contribution in [0.25, 0.3) is 0 Å². The van der Waals surface area contributed by atoms with Crippen LogP contribution in [-0.2, 0) is 11.2 Å². The van der Waals surface area contributed by atoms with Crippen molar-refractivity contribution in [2.75, 3.05) is 26.2 Å². The maximum atomic E-state index is 13.0. The molecule has 5 nitrogen and oxygen atoms in total. The summed E-state index contributed by atoms with van der Waals surface area (Å²) in [4.78, 5) is 30.2. The Morgan fingerprint density at radius 3 is 2.31 bits per heavy atom. The molecule has 1 aliphatic heterocycles. The number of carbonyl (C=O) groups is 2. The summed E-state index contributed by atoms with van der Waals surface area (Å²) in [5.41, 5.74) is 2.93. The Kier molecular flexibility index (Phi) is 5.51. The highest BCUT2D eigenvalue weighted by atomic mass is 32.1. The van der Waals surface area contributed by atoms with Crippen molar-refractivity contribution in [2.24, 2.45) is 0 Å². The zero-order chi connectivity index (χ0) is 18.8. The number of carbonyl (C=O) groups excluding carboxylic acids is 2. The number of amides is 2. The second-order valence-corrected chi connectivity index (χ2v) is 8.21. The van der Waals surface area contributed by atoms with Crippen LogP contribution in [-0.4, -0.2) is 52.4 Å². The summed E-state index contributed by atoms with van der Waals surface area (Å²) in [6, 6.07) is 6.29. The SMILES string of the molecule is Cc1cc(C(=O)N2CCN(C(=O)Cc3cccs3)CC2)c(C)n1C(C)C. The van der Waals surface area contributed by atoms with E-state index in [-0.39, 0.29) is 11.8 Å². The third-order valence-corrected chi connectivity index (χ3v) is 5.93. The van der Waals surface area contributed by atoms with E-state index in [1.54, 1.807) is 11.3 Å². The molecule has 1 saturated heterocycles. The number of rotatable bonds is 4. The Hall–Kier alpha value is -2.08. The van der Waals surface area contributed by atoms with Crippen molar-refractivity contribution < 1.29 is 9.59 Å². The number of hydrogen-bond acceptors (Lipinski definition) is 3. The summed E-state index contributed by atoms with van der Waals surface area (Å²) in [6.07, 6.45) is 0.459. The van der Waals surface area contributed by atoms with Crippen molar-refractivity contribution in [3.63, 3.8) is 0 Å². The first kappa shape index (κ1) is 18.7. The smallest absolute Gasteiger partial charge is 0.255 e. The lowest BCUT2D eigenvalue weighted by molar-refractivity contribution is -0.131. The molecule has 0 unspecified atom stereocenters. The van der Waals surface area contributed by atoms with Crippen LogP contribution in [0.2, 0.25) is 0 Å². The van der Waals surface area contributed by atoms with E-state index in [0.717, 1.165) is 21.8 Å². The predicted molar refractivity (Wildman–Crippen MR) is 105 cm³/mol. The minimum absolute atomic E-state index is 0.0790. The van der Waals surface area contributed by atoms with Gasteiger partial charge in [0.1, 0.15) is 0 Å². The maximum Gasteiger partial charge on any atom is 0.255 e. The van der Waals surface area contributed by atoms with Crippen molar-refractivity contribution >= 4 is 23.2 Å². The normalized spacial score (nSPS) is 15.0. The number of aryl methyl sites for hydroxylation is 1. The quantitative estimate of drug-likeness (QED) is 0.826. The molecule has 3 heterocycles. The lowest BCUT2D eigenvalue weighted by Crippen LogP contribution is -2.51. The number of piperazine rings is 1. The highest BCUT2D eigenvalue weighted by Crippen LogP contribution is 2.22. The number of thiophene rings is 1. The summed E-state index contributed by atoms with van der Waals surface area (Å²) in [5, 5.41) is 1.99. The summed E-state index contributed by atoms with van der Waals surface area (Å²) in [5.74, 6) is 0.230. The second-order valence-electron chi connectivity index (χ2n) is 7.18. The van der Waals surface area contributed by atoms with Crippen LogP contribution >= 0.6 is 11.3 Å². The fourth-order valence-electron chi connectivity index (χ4n) is 3.79. The average Bonchev–Trinajstić information content (AvgIpc) is 3.21. The predicted octanol–water partition coefficient (Wildman–Crippen LogP) is 3.27. The van der Waals surface area contributed by atoms with Crippen molar-refractivity contribution in [1.29, 1.82) is 0 Å². The zero-order valence-electron chi connectivity index (χ0n) is 16.0. The van der Waals surface area contributed by atoms with Gasteiger partial charge in [-0.3, -0.25) is 9.59 Å². The van der Waals surface area contributed by atoms with Gasteiger partial charge in [-0.1, -0.05) is 6.07 Å². The van der Waals surface area contributed by atoms with Crippen molar-refractivity contribution in [1.82, 2.24) is 14.4 Å². The Morgan fingerprint density at radius 1 is 1.12 bits per heavy atom. The van der Waals surface area contributed by atoms with Crippen LogP contribution in [0.5, 0.6) is 0 Å². The molecule has 0 atom stereocenters. The molecular weight excluding hydrogens is 346 g/mol. The minimum Gasteiger partial charge on any atom is -0.346 e. The lowest BCUT2D eigenvalue weighted by atomic mass is 10.2. The van der Waals surface area contributed by atoms with Crippen LogP contribution in [0.15, 0.2) is 23.6 Å². The van der Waals surface area contributed by atoms with Gasteiger partial charge in [0.2, 0.25) is 5.91 Å². The van der Waals surface area contributed by atoms with Gasteiger partial charge in [0.05, 0.1) is 12.0 Å². The molecule has 140 valence electrons. The zero-order valence-corrected chi connectivity index (χ0v) is 16.8. The molecule has 0 spiro atoms. The van der Waals surface area contributed by atoms with Gasteiger partial charge in [-0.25, -0.2) is 0 Å². The highest BCUT2D eigenvalue weighted by Gasteiger charge is 2.27. The highest BCUT2D eigenvalue weighted by molar-refractivity contribution is 7.10. The molecule has 0 radical (unpaired) electrons. The Labute approximate surface area is 159 Å². The van der Waals surface area contributed by atoms with Crippen LogP contribution in [0, 0.1) is 13.8 Å². The summed E-state index contributed by atoms with van der Waals surface area (Å²) < 4.78 is 2.20. The van der Waals surface area contributed by atoms with Gasteiger partial charge in [0.25, 0.3) is 5.91 Å². The van der Waals surface area contributed by atoms with E-state index in [4.69, 9.17) is 0 Å². The van der Waals surface area contributed by atoms with Gasteiger partial charge < -0.3 is 14.4 Å². The largest absolute Gasteiger partial charge is 0.346 e. The van der Waals surface area contributed by atoms with E-state index in [0.29, 0.717) is 38.6 Å². The first-order chi connectivity index (χ1) is 12.4. The molecule has 2 aromatic rings. The summed E-state index contributed by atoms with van der Waals surface area (Å²) >= 11 is 1.61. The molecule has 0 aliphatic carbocycles. The molecule has 3 rings (SSSR count). The van der Waals surface area contributed by atoms with Gasteiger partial charge in [0, 0.05) is 48.5 Å². The molecule has 0 aromatic carbocycles.